The first-order chi connectivity index (χ1) is 4.34. The molecule has 1 atom stereocenters. The van der Waals surface area contributed by atoms with E-state index in [4.69, 9.17) is 4.42 Å². The number of nitrogens with zero attached hydrogens (tertiary/aromatic N) is 1. The van der Waals surface area contributed by atoms with Crippen molar-refractivity contribution in [3.05, 3.63) is 18.4 Å². The summed E-state index contributed by atoms with van der Waals surface area (Å²) in [6, 6.07) is 0. The summed E-state index contributed by atoms with van der Waals surface area (Å²) in [5.41, 5.74) is 1.05. The predicted octanol–water partition coefficient (Wildman–Crippen LogP) is 2.19. The Morgan fingerprint density at radius 3 is 3.00 bits per heavy atom. The second kappa shape index (κ2) is 2.67. The van der Waals surface area contributed by atoms with E-state index in [1.807, 2.05) is 0 Å². The molecule has 0 aliphatic heterocycles. The largest absolute Gasteiger partial charge is 0.451 e. The highest BCUT2D eigenvalue weighted by molar-refractivity contribution is 4.98. The Labute approximate surface area is 54.9 Å². The van der Waals surface area contributed by atoms with E-state index in [9.17, 15) is 0 Å². The van der Waals surface area contributed by atoms with Crippen molar-refractivity contribution >= 4 is 0 Å². The van der Waals surface area contributed by atoms with Crippen molar-refractivity contribution in [1.29, 1.82) is 0 Å². The molecule has 0 spiro atoms. The first kappa shape index (κ1) is 6.33. The van der Waals surface area contributed by atoms with Crippen molar-refractivity contribution in [3.63, 3.8) is 0 Å². The first-order valence-electron chi connectivity index (χ1n) is 3.22. The molecule has 0 fully saturated rings. The maximum absolute atomic E-state index is 4.83. The van der Waals surface area contributed by atoms with Gasteiger partial charge in [0, 0.05) is 5.92 Å². The lowest BCUT2D eigenvalue weighted by molar-refractivity contribution is 0.554. The second-order valence-corrected chi connectivity index (χ2v) is 2.22. The van der Waals surface area contributed by atoms with Crippen LogP contribution in [0.2, 0.25) is 0 Å². The van der Waals surface area contributed by atoms with E-state index in [0.717, 1.165) is 12.1 Å². The Bertz CT molecular complexity index is 157. The fraction of sp³-hybridized carbons (Fsp3) is 0.571. The Balaban J connectivity index is 2.65. The van der Waals surface area contributed by atoms with E-state index in [0.29, 0.717) is 5.92 Å². The summed E-state index contributed by atoms with van der Waals surface area (Å²) in [5.74, 6) is 0.531. The maximum Gasteiger partial charge on any atom is 0.180 e. The molecule has 0 radical (unpaired) electrons. The zero-order valence-electron chi connectivity index (χ0n) is 5.79. The fourth-order valence-electron chi connectivity index (χ4n) is 0.674. The molecule has 1 rings (SSSR count). The monoisotopic (exact) mass is 125 g/mol. The highest BCUT2D eigenvalue weighted by Gasteiger charge is 2.03. The molecule has 0 saturated carbocycles. The van der Waals surface area contributed by atoms with Crippen LogP contribution in [0.3, 0.4) is 0 Å². The van der Waals surface area contributed by atoms with E-state index >= 15 is 0 Å². The van der Waals surface area contributed by atoms with Crippen LogP contribution in [0.15, 0.2) is 17.1 Å². The molecule has 1 aromatic heterocycles. The molecule has 1 heterocycles. The molecule has 9 heavy (non-hydrogen) atoms. The Hall–Kier alpha value is -0.790. The van der Waals surface area contributed by atoms with E-state index in [1.54, 1.807) is 6.26 Å². The molecule has 1 aromatic rings. The zero-order chi connectivity index (χ0) is 6.69. The van der Waals surface area contributed by atoms with Gasteiger partial charge in [-0.1, -0.05) is 13.8 Å². The molecular weight excluding hydrogens is 114 g/mol. The average molecular weight is 125 g/mol. The molecule has 0 bridgehead atoms. The summed E-state index contributed by atoms with van der Waals surface area (Å²) in [4.78, 5) is 4.02. The van der Waals surface area contributed by atoms with Crippen LogP contribution in [0.4, 0.5) is 0 Å². The molecule has 0 aliphatic rings. The third-order valence-electron chi connectivity index (χ3n) is 1.57. The number of hydrogen-bond acceptors (Lipinski definition) is 2. The minimum Gasteiger partial charge on any atom is -0.451 e. The van der Waals surface area contributed by atoms with Crippen molar-refractivity contribution in [3.8, 4) is 0 Å². The lowest BCUT2D eigenvalue weighted by Gasteiger charge is -1.99. The van der Waals surface area contributed by atoms with Crippen LogP contribution in [0, 0.1) is 0 Å². The van der Waals surface area contributed by atoms with Crippen LogP contribution in [-0.2, 0) is 0 Å². The van der Waals surface area contributed by atoms with Gasteiger partial charge < -0.3 is 4.42 Å². The van der Waals surface area contributed by atoms with Crippen molar-refractivity contribution in [1.82, 2.24) is 4.98 Å². The summed E-state index contributed by atoms with van der Waals surface area (Å²) in [5, 5.41) is 0. The minimum absolute atomic E-state index is 0.531. The third-order valence-corrected chi connectivity index (χ3v) is 1.57. The summed E-state index contributed by atoms with van der Waals surface area (Å²) in [7, 11) is 0. The first-order valence-corrected chi connectivity index (χ1v) is 3.22. The van der Waals surface area contributed by atoms with Gasteiger partial charge in [0.2, 0.25) is 0 Å². The van der Waals surface area contributed by atoms with Crippen molar-refractivity contribution < 1.29 is 4.42 Å². The number of hydrogen-bond donors (Lipinski definition) is 0. The lowest BCUT2D eigenvalue weighted by atomic mass is 10.1. The average Bonchev–Trinajstić information content (AvgIpc) is 2.37. The van der Waals surface area contributed by atoms with Gasteiger partial charge in [-0.05, 0) is 6.42 Å². The standard InChI is InChI=1S/C7H11NO/c1-3-6(2)7-4-9-5-8-7/h4-6H,3H2,1-2H3. The van der Waals surface area contributed by atoms with Gasteiger partial charge >= 0.3 is 0 Å². The van der Waals surface area contributed by atoms with Gasteiger partial charge in [-0.15, -0.1) is 0 Å². The van der Waals surface area contributed by atoms with Crippen molar-refractivity contribution in [2.75, 3.05) is 0 Å². The predicted molar refractivity (Wildman–Crippen MR) is 35.2 cm³/mol. The normalized spacial score (nSPS) is 13.6. The Morgan fingerprint density at radius 1 is 1.78 bits per heavy atom. The smallest absolute Gasteiger partial charge is 0.180 e. The summed E-state index contributed by atoms with van der Waals surface area (Å²) < 4.78 is 4.83. The van der Waals surface area contributed by atoms with Crippen molar-refractivity contribution in [2.45, 2.75) is 26.2 Å². The van der Waals surface area contributed by atoms with Gasteiger partial charge in [0.25, 0.3) is 0 Å². The number of rotatable bonds is 2. The molecule has 2 heteroatoms. The lowest BCUT2D eigenvalue weighted by Crippen LogP contribution is -1.89. The fourth-order valence-corrected chi connectivity index (χ4v) is 0.674. The van der Waals surface area contributed by atoms with Gasteiger partial charge in [0.05, 0.1) is 5.69 Å². The highest BCUT2D eigenvalue weighted by Crippen LogP contribution is 2.14. The molecule has 0 aliphatic carbocycles. The van der Waals surface area contributed by atoms with Gasteiger partial charge in [-0.2, -0.15) is 0 Å². The highest BCUT2D eigenvalue weighted by atomic mass is 16.3. The quantitative estimate of drug-likeness (QED) is 0.605. The zero-order valence-corrected chi connectivity index (χ0v) is 5.79. The molecule has 50 valence electrons. The molecule has 0 saturated heterocycles. The number of aromatic nitrogens is 1. The van der Waals surface area contributed by atoms with Crippen LogP contribution in [-0.4, -0.2) is 4.98 Å². The van der Waals surface area contributed by atoms with Gasteiger partial charge in [-0.25, -0.2) is 4.98 Å². The summed E-state index contributed by atoms with van der Waals surface area (Å²) in [6.45, 7) is 4.28. The van der Waals surface area contributed by atoms with E-state index in [-0.39, 0.29) is 0 Å². The minimum atomic E-state index is 0.531. The second-order valence-electron chi connectivity index (χ2n) is 2.22. The van der Waals surface area contributed by atoms with Gasteiger partial charge in [0.15, 0.2) is 6.39 Å². The maximum atomic E-state index is 4.83. The van der Waals surface area contributed by atoms with Crippen LogP contribution in [0.5, 0.6) is 0 Å². The topological polar surface area (TPSA) is 26.0 Å². The molecule has 0 amide bonds. The van der Waals surface area contributed by atoms with Crippen LogP contribution < -0.4 is 0 Å². The molecule has 0 aromatic carbocycles. The van der Waals surface area contributed by atoms with E-state index in [2.05, 4.69) is 18.8 Å². The van der Waals surface area contributed by atoms with E-state index < -0.39 is 0 Å². The van der Waals surface area contributed by atoms with Crippen LogP contribution >= 0.6 is 0 Å². The van der Waals surface area contributed by atoms with Crippen molar-refractivity contribution in [2.24, 2.45) is 0 Å². The SMILES string of the molecule is CCC(C)c1cocn1. The molecule has 2 nitrogen and oxygen atoms in total. The summed E-state index contributed by atoms with van der Waals surface area (Å²) >= 11 is 0. The summed E-state index contributed by atoms with van der Waals surface area (Å²) in [6.07, 6.45) is 4.29. The third kappa shape index (κ3) is 1.31. The molecular formula is C7H11NO. The Morgan fingerprint density at radius 2 is 2.56 bits per heavy atom. The molecule has 0 N–H and O–H groups in total. The Kier molecular flexibility index (Phi) is 1.88. The van der Waals surface area contributed by atoms with Gasteiger partial charge in [-0.3, -0.25) is 0 Å². The van der Waals surface area contributed by atoms with E-state index in [1.165, 1.54) is 6.39 Å². The number of oxazole rings is 1. The molecule has 1 unspecified atom stereocenters. The van der Waals surface area contributed by atoms with Gasteiger partial charge in [0.1, 0.15) is 6.26 Å². The van der Waals surface area contributed by atoms with Crippen LogP contribution in [0.1, 0.15) is 31.9 Å². The van der Waals surface area contributed by atoms with Crippen LogP contribution in [0.25, 0.3) is 0 Å².